The maximum Gasteiger partial charge on any atom is 0.151 e. The minimum Gasteiger partial charge on any atom is -0.291 e. The predicted octanol–water partition coefficient (Wildman–Crippen LogP) is 1.07. The Morgan fingerprint density at radius 2 is 2.27 bits per heavy atom. The molecule has 0 unspecified atom stereocenters. The molecule has 0 amide bonds. The number of aliphatic imine (C=N–C) groups is 1. The fourth-order valence-electron chi connectivity index (χ4n) is 0.819. The molecule has 1 rings (SSSR count). The predicted molar refractivity (Wildman–Crippen MR) is 41.8 cm³/mol. The van der Waals surface area contributed by atoms with E-state index in [2.05, 4.69) is 19.9 Å². The van der Waals surface area contributed by atoms with Gasteiger partial charge < -0.3 is 0 Å². The highest BCUT2D eigenvalue weighted by Gasteiger charge is 2.09. The van der Waals surface area contributed by atoms with Gasteiger partial charge in [0.05, 0.1) is 5.71 Å². The summed E-state index contributed by atoms with van der Waals surface area (Å²) >= 11 is 0. The lowest BCUT2D eigenvalue weighted by atomic mass is 10.2. The van der Waals surface area contributed by atoms with Crippen LogP contribution in [0.4, 0.5) is 0 Å². The van der Waals surface area contributed by atoms with E-state index in [0.717, 1.165) is 23.5 Å². The van der Waals surface area contributed by atoms with Crippen LogP contribution in [0.2, 0.25) is 0 Å². The molecule has 1 aromatic rings. The molecule has 60 valence electrons. The SMILES string of the molecule is CCc1nonc1C(C)=NC. The monoisotopic (exact) mass is 153 g/mol. The Hall–Kier alpha value is -1.19. The topological polar surface area (TPSA) is 51.3 Å². The maximum atomic E-state index is 4.58. The van der Waals surface area contributed by atoms with Crippen LogP contribution < -0.4 is 0 Å². The van der Waals surface area contributed by atoms with E-state index in [1.165, 1.54) is 0 Å². The summed E-state index contributed by atoms with van der Waals surface area (Å²) in [5.74, 6) is 0. The molecule has 0 aliphatic heterocycles. The Kier molecular flexibility index (Phi) is 2.36. The average molecular weight is 153 g/mol. The molecule has 0 N–H and O–H groups in total. The van der Waals surface area contributed by atoms with Crippen molar-refractivity contribution in [3.05, 3.63) is 11.4 Å². The number of aromatic nitrogens is 2. The Morgan fingerprint density at radius 1 is 1.55 bits per heavy atom. The molecule has 0 fully saturated rings. The second-order valence-electron chi connectivity index (χ2n) is 2.22. The fourth-order valence-corrected chi connectivity index (χ4v) is 0.819. The smallest absolute Gasteiger partial charge is 0.151 e. The highest BCUT2D eigenvalue weighted by Crippen LogP contribution is 2.04. The third kappa shape index (κ3) is 1.45. The third-order valence-corrected chi connectivity index (χ3v) is 1.57. The maximum absolute atomic E-state index is 4.58. The van der Waals surface area contributed by atoms with E-state index >= 15 is 0 Å². The molecule has 0 aliphatic carbocycles. The lowest BCUT2D eigenvalue weighted by Crippen LogP contribution is -1.99. The van der Waals surface area contributed by atoms with E-state index in [1.807, 2.05) is 13.8 Å². The molecular formula is C7H11N3O. The van der Waals surface area contributed by atoms with Crippen molar-refractivity contribution in [1.82, 2.24) is 10.3 Å². The summed E-state index contributed by atoms with van der Waals surface area (Å²) in [6.45, 7) is 3.89. The first kappa shape index (κ1) is 7.91. The van der Waals surface area contributed by atoms with E-state index in [9.17, 15) is 0 Å². The molecule has 0 saturated carbocycles. The molecule has 0 atom stereocenters. The summed E-state index contributed by atoms with van der Waals surface area (Å²) in [5.41, 5.74) is 2.51. The molecule has 0 spiro atoms. The van der Waals surface area contributed by atoms with Crippen molar-refractivity contribution >= 4 is 5.71 Å². The van der Waals surface area contributed by atoms with E-state index in [1.54, 1.807) is 7.05 Å². The first-order chi connectivity index (χ1) is 5.29. The van der Waals surface area contributed by atoms with E-state index in [4.69, 9.17) is 0 Å². The van der Waals surface area contributed by atoms with Gasteiger partial charge in [-0.3, -0.25) is 4.99 Å². The van der Waals surface area contributed by atoms with Crippen molar-refractivity contribution in [3.8, 4) is 0 Å². The molecule has 0 aromatic carbocycles. The van der Waals surface area contributed by atoms with E-state index < -0.39 is 0 Å². The van der Waals surface area contributed by atoms with Gasteiger partial charge in [-0.2, -0.15) is 0 Å². The van der Waals surface area contributed by atoms with Gasteiger partial charge in [0.1, 0.15) is 5.69 Å². The van der Waals surface area contributed by atoms with Crippen LogP contribution in [0, 0.1) is 0 Å². The van der Waals surface area contributed by atoms with Crippen molar-refractivity contribution in [2.24, 2.45) is 4.99 Å². The first-order valence-electron chi connectivity index (χ1n) is 3.54. The highest BCUT2D eigenvalue weighted by atomic mass is 16.6. The summed E-state index contributed by atoms with van der Waals surface area (Å²) in [7, 11) is 1.73. The van der Waals surface area contributed by atoms with Crippen molar-refractivity contribution in [2.45, 2.75) is 20.3 Å². The number of hydrogen-bond donors (Lipinski definition) is 0. The van der Waals surface area contributed by atoms with Gasteiger partial charge in [-0.15, -0.1) is 0 Å². The summed E-state index contributed by atoms with van der Waals surface area (Å²) in [6, 6.07) is 0. The van der Waals surface area contributed by atoms with Gasteiger partial charge in [-0.25, -0.2) is 4.63 Å². The number of nitrogens with zero attached hydrogens (tertiary/aromatic N) is 3. The molecule has 0 bridgehead atoms. The summed E-state index contributed by atoms with van der Waals surface area (Å²) in [6.07, 6.45) is 0.825. The van der Waals surface area contributed by atoms with E-state index in [-0.39, 0.29) is 0 Å². The van der Waals surface area contributed by atoms with Crippen molar-refractivity contribution in [3.63, 3.8) is 0 Å². The largest absolute Gasteiger partial charge is 0.291 e. The zero-order valence-electron chi connectivity index (χ0n) is 6.96. The van der Waals surface area contributed by atoms with E-state index in [0.29, 0.717) is 0 Å². The van der Waals surface area contributed by atoms with Crippen LogP contribution in [0.25, 0.3) is 0 Å². The molecule has 1 heterocycles. The van der Waals surface area contributed by atoms with Gasteiger partial charge in [-0.05, 0) is 18.5 Å². The molecule has 0 aliphatic rings. The molecule has 0 radical (unpaired) electrons. The van der Waals surface area contributed by atoms with Crippen LogP contribution in [0.15, 0.2) is 9.62 Å². The van der Waals surface area contributed by atoms with Gasteiger partial charge in [-0.1, -0.05) is 12.1 Å². The zero-order chi connectivity index (χ0) is 8.27. The number of rotatable bonds is 2. The van der Waals surface area contributed by atoms with Crippen LogP contribution in [0.5, 0.6) is 0 Å². The van der Waals surface area contributed by atoms with Crippen LogP contribution in [-0.4, -0.2) is 23.1 Å². The van der Waals surface area contributed by atoms with Gasteiger partial charge in [0, 0.05) is 7.05 Å². The zero-order valence-corrected chi connectivity index (χ0v) is 6.96. The lowest BCUT2D eigenvalue weighted by Gasteiger charge is -1.91. The van der Waals surface area contributed by atoms with Crippen LogP contribution in [0.1, 0.15) is 25.2 Å². The number of aryl methyl sites for hydroxylation is 1. The third-order valence-electron chi connectivity index (χ3n) is 1.57. The standard InChI is InChI=1S/C7H11N3O/c1-4-6-7(5(2)8-3)10-11-9-6/h4H2,1-3H3. The Morgan fingerprint density at radius 3 is 2.82 bits per heavy atom. The normalized spacial score (nSPS) is 12.1. The Labute approximate surface area is 65.3 Å². The molecule has 1 aromatic heterocycles. The van der Waals surface area contributed by atoms with Crippen LogP contribution in [0.3, 0.4) is 0 Å². The van der Waals surface area contributed by atoms with Crippen molar-refractivity contribution < 1.29 is 4.63 Å². The summed E-state index contributed by atoms with van der Waals surface area (Å²) < 4.78 is 4.58. The summed E-state index contributed by atoms with van der Waals surface area (Å²) in [5, 5.41) is 7.48. The average Bonchev–Trinajstić information content (AvgIpc) is 2.50. The van der Waals surface area contributed by atoms with Gasteiger partial charge in [0.2, 0.25) is 0 Å². The Balaban J connectivity index is 3.02. The molecule has 4 nitrogen and oxygen atoms in total. The van der Waals surface area contributed by atoms with Gasteiger partial charge in [0.25, 0.3) is 0 Å². The lowest BCUT2D eigenvalue weighted by molar-refractivity contribution is 0.303. The minimum atomic E-state index is 0.773. The van der Waals surface area contributed by atoms with Gasteiger partial charge >= 0.3 is 0 Å². The second kappa shape index (κ2) is 3.27. The second-order valence-corrected chi connectivity index (χ2v) is 2.22. The van der Waals surface area contributed by atoms with Crippen LogP contribution in [-0.2, 0) is 6.42 Å². The quantitative estimate of drug-likeness (QED) is 0.597. The van der Waals surface area contributed by atoms with Gasteiger partial charge in [0.15, 0.2) is 5.69 Å². The fraction of sp³-hybridized carbons (Fsp3) is 0.571. The summed E-state index contributed by atoms with van der Waals surface area (Å²) in [4.78, 5) is 3.99. The van der Waals surface area contributed by atoms with Crippen molar-refractivity contribution in [1.29, 1.82) is 0 Å². The molecule has 11 heavy (non-hydrogen) atoms. The Bertz CT molecular complexity index is 264. The highest BCUT2D eigenvalue weighted by molar-refractivity contribution is 5.97. The van der Waals surface area contributed by atoms with Crippen LogP contribution >= 0.6 is 0 Å². The van der Waals surface area contributed by atoms with Crippen molar-refractivity contribution in [2.75, 3.05) is 7.05 Å². The first-order valence-corrected chi connectivity index (χ1v) is 3.54. The molecular weight excluding hydrogens is 142 g/mol. The number of hydrogen-bond acceptors (Lipinski definition) is 4. The minimum absolute atomic E-state index is 0.773. The molecule has 4 heteroatoms. The molecule has 0 saturated heterocycles.